The van der Waals surface area contributed by atoms with Gasteiger partial charge in [-0.05, 0) is 24.6 Å². The Hall–Kier alpha value is -2.99. The first-order valence-corrected chi connectivity index (χ1v) is 9.10. The summed E-state index contributed by atoms with van der Waals surface area (Å²) in [4.78, 5) is 26.2. The average molecular weight is 364 g/mol. The summed E-state index contributed by atoms with van der Waals surface area (Å²) in [6.45, 7) is 4.65. The number of rotatable bonds is 4. The Kier molecular flexibility index (Phi) is 6.33. The number of nitrogens with one attached hydrogen (secondary N) is 2. The first-order valence-electron chi connectivity index (χ1n) is 9.10. The van der Waals surface area contributed by atoms with E-state index in [1.807, 2.05) is 37.3 Å². The standard InChI is InChI=1S/C21H24N4O2/c1-16-7-9-18(10-8-16)22-20(26)21(27)24-23-19-11-13-25(14-12-19)15-17-5-3-2-4-6-17/h2-10H,11-15H2,1H3,(H,22,26)(H,24,27). The number of anilines is 1. The van der Waals surface area contributed by atoms with Gasteiger partial charge in [0.25, 0.3) is 0 Å². The van der Waals surface area contributed by atoms with Crippen molar-refractivity contribution in [2.24, 2.45) is 5.10 Å². The fourth-order valence-corrected chi connectivity index (χ4v) is 2.93. The van der Waals surface area contributed by atoms with E-state index in [-0.39, 0.29) is 0 Å². The molecule has 6 heteroatoms. The number of aryl methyl sites for hydroxylation is 1. The van der Waals surface area contributed by atoms with Crippen molar-refractivity contribution in [1.82, 2.24) is 10.3 Å². The number of amides is 2. The van der Waals surface area contributed by atoms with Gasteiger partial charge in [-0.25, -0.2) is 5.43 Å². The van der Waals surface area contributed by atoms with Gasteiger partial charge >= 0.3 is 11.8 Å². The molecule has 2 aromatic carbocycles. The zero-order valence-corrected chi connectivity index (χ0v) is 15.4. The Morgan fingerprint density at radius 1 is 0.963 bits per heavy atom. The summed E-state index contributed by atoms with van der Waals surface area (Å²) in [7, 11) is 0. The van der Waals surface area contributed by atoms with E-state index in [2.05, 4.69) is 32.9 Å². The molecule has 1 fully saturated rings. The third kappa shape index (κ3) is 5.76. The fraction of sp³-hybridized carbons (Fsp3) is 0.286. The fourth-order valence-electron chi connectivity index (χ4n) is 2.93. The van der Waals surface area contributed by atoms with Gasteiger partial charge in [0, 0.05) is 43.9 Å². The topological polar surface area (TPSA) is 73.8 Å². The van der Waals surface area contributed by atoms with Crippen LogP contribution < -0.4 is 10.7 Å². The van der Waals surface area contributed by atoms with E-state index >= 15 is 0 Å². The van der Waals surface area contributed by atoms with Crippen LogP contribution in [-0.2, 0) is 16.1 Å². The molecule has 0 radical (unpaired) electrons. The van der Waals surface area contributed by atoms with E-state index < -0.39 is 11.8 Å². The highest BCUT2D eigenvalue weighted by molar-refractivity contribution is 6.39. The van der Waals surface area contributed by atoms with E-state index in [9.17, 15) is 9.59 Å². The normalized spacial score (nSPS) is 14.5. The van der Waals surface area contributed by atoms with Gasteiger partial charge in [-0.3, -0.25) is 14.5 Å². The molecule has 140 valence electrons. The molecule has 0 atom stereocenters. The van der Waals surface area contributed by atoms with Gasteiger partial charge in [-0.1, -0.05) is 48.0 Å². The minimum atomic E-state index is -0.755. The Morgan fingerprint density at radius 2 is 1.63 bits per heavy atom. The summed E-state index contributed by atoms with van der Waals surface area (Å²) >= 11 is 0. The molecule has 1 aliphatic rings. The minimum Gasteiger partial charge on any atom is -0.318 e. The smallest absolute Gasteiger partial charge is 0.318 e. The lowest BCUT2D eigenvalue weighted by Gasteiger charge is -2.27. The number of carbonyl (C=O) groups is 2. The molecular formula is C21H24N4O2. The van der Waals surface area contributed by atoms with Crippen LogP contribution in [0.25, 0.3) is 0 Å². The molecule has 0 unspecified atom stereocenters. The van der Waals surface area contributed by atoms with Crippen molar-refractivity contribution in [3.05, 3.63) is 65.7 Å². The third-order valence-corrected chi connectivity index (χ3v) is 4.51. The molecule has 0 aromatic heterocycles. The lowest BCUT2D eigenvalue weighted by atomic mass is 10.1. The van der Waals surface area contributed by atoms with E-state index in [1.54, 1.807) is 12.1 Å². The van der Waals surface area contributed by atoms with Crippen molar-refractivity contribution in [2.45, 2.75) is 26.3 Å². The summed E-state index contributed by atoms with van der Waals surface area (Å²) in [5, 5.41) is 6.69. The van der Waals surface area contributed by atoms with Crippen LogP contribution >= 0.6 is 0 Å². The lowest BCUT2D eigenvalue weighted by Crippen LogP contribution is -2.36. The van der Waals surface area contributed by atoms with Crippen molar-refractivity contribution < 1.29 is 9.59 Å². The van der Waals surface area contributed by atoms with Crippen molar-refractivity contribution in [3.8, 4) is 0 Å². The molecule has 2 N–H and O–H groups in total. The Morgan fingerprint density at radius 3 is 2.30 bits per heavy atom. The van der Waals surface area contributed by atoms with Crippen LogP contribution in [0.2, 0.25) is 0 Å². The van der Waals surface area contributed by atoms with Crippen molar-refractivity contribution in [3.63, 3.8) is 0 Å². The summed E-state index contributed by atoms with van der Waals surface area (Å²) in [6, 6.07) is 17.6. The number of hydrogen-bond acceptors (Lipinski definition) is 4. The van der Waals surface area contributed by atoms with E-state index in [0.29, 0.717) is 5.69 Å². The van der Waals surface area contributed by atoms with Crippen molar-refractivity contribution in [2.75, 3.05) is 18.4 Å². The molecular weight excluding hydrogens is 340 g/mol. The van der Waals surface area contributed by atoms with Crippen LogP contribution in [0.1, 0.15) is 24.0 Å². The molecule has 3 rings (SSSR count). The maximum Gasteiger partial charge on any atom is 0.329 e. The lowest BCUT2D eigenvalue weighted by molar-refractivity contribution is -0.136. The van der Waals surface area contributed by atoms with Gasteiger partial charge < -0.3 is 5.32 Å². The molecule has 1 saturated heterocycles. The molecule has 0 saturated carbocycles. The predicted molar refractivity (Wildman–Crippen MR) is 106 cm³/mol. The summed E-state index contributed by atoms with van der Waals surface area (Å²) in [5.41, 5.74) is 6.24. The number of likely N-dealkylation sites (tertiary alicyclic amines) is 1. The quantitative estimate of drug-likeness (QED) is 0.647. The second kappa shape index (κ2) is 9.09. The van der Waals surface area contributed by atoms with Crippen LogP contribution in [0, 0.1) is 6.92 Å². The second-order valence-corrected chi connectivity index (χ2v) is 6.70. The largest absolute Gasteiger partial charge is 0.329 e. The Labute approximate surface area is 159 Å². The molecule has 1 aliphatic heterocycles. The highest BCUT2D eigenvalue weighted by atomic mass is 16.2. The van der Waals surface area contributed by atoms with E-state index in [4.69, 9.17) is 0 Å². The number of piperidine rings is 1. The first kappa shape index (κ1) is 18.8. The van der Waals surface area contributed by atoms with Crippen LogP contribution in [0.3, 0.4) is 0 Å². The monoisotopic (exact) mass is 364 g/mol. The molecule has 27 heavy (non-hydrogen) atoms. The van der Waals surface area contributed by atoms with Gasteiger partial charge in [0.15, 0.2) is 0 Å². The summed E-state index contributed by atoms with van der Waals surface area (Å²) in [5.74, 6) is -1.47. The maximum atomic E-state index is 11.9. The number of benzene rings is 2. The number of hydrogen-bond donors (Lipinski definition) is 2. The average Bonchev–Trinajstić information content (AvgIpc) is 2.69. The van der Waals surface area contributed by atoms with Crippen LogP contribution in [-0.4, -0.2) is 35.5 Å². The van der Waals surface area contributed by atoms with E-state index in [0.717, 1.165) is 43.8 Å². The number of nitrogens with zero attached hydrogens (tertiary/aromatic N) is 2. The molecule has 0 aliphatic carbocycles. The first-order chi connectivity index (χ1) is 13.1. The Bertz CT molecular complexity index is 806. The maximum absolute atomic E-state index is 11.9. The molecule has 1 heterocycles. The third-order valence-electron chi connectivity index (χ3n) is 4.51. The predicted octanol–water partition coefficient (Wildman–Crippen LogP) is 2.70. The van der Waals surface area contributed by atoms with Crippen LogP contribution in [0.5, 0.6) is 0 Å². The number of hydrazone groups is 1. The van der Waals surface area contributed by atoms with Gasteiger partial charge in [0.2, 0.25) is 0 Å². The zero-order valence-electron chi connectivity index (χ0n) is 15.4. The highest BCUT2D eigenvalue weighted by Crippen LogP contribution is 2.12. The zero-order chi connectivity index (χ0) is 19.1. The van der Waals surface area contributed by atoms with E-state index in [1.165, 1.54) is 5.56 Å². The molecule has 0 spiro atoms. The Balaban J connectivity index is 1.43. The SMILES string of the molecule is Cc1ccc(NC(=O)C(=O)NN=C2CCN(Cc3ccccc3)CC2)cc1. The van der Waals surface area contributed by atoms with Crippen molar-refractivity contribution >= 4 is 23.2 Å². The molecule has 2 aromatic rings. The van der Waals surface area contributed by atoms with Crippen molar-refractivity contribution in [1.29, 1.82) is 0 Å². The van der Waals surface area contributed by atoms with Gasteiger partial charge in [-0.15, -0.1) is 0 Å². The minimum absolute atomic E-state index is 0.586. The number of carbonyl (C=O) groups excluding carboxylic acids is 2. The highest BCUT2D eigenvalue weighted by Gasteiger charge is 2.17. The van der Waals surface area contributed by atoms with Crippen LogP contribution in [0.4, 0.5) is 5.69 Å². The molecule has 0 bridgehead atoms. The van der Waals surface area contributed by atoms with Gasteiger partial charge in [0.05, 0.1) is 0 Å². The summed E-state index contributed by atoms with van der Waals surface area (Å²) in [6.07, 6.45) is 1.57. The van der Waals surface area contributed by atoms with Gasteiger partial charge in [0.1, 0.15) is 0 Å². The van der Waals surface area contributed by atoms with Gasteiger partial charge in [-0.2, -0.15) is 5.10 Å². The van der Waals surface area contributed by atoms with Crippen LogP contribution in [0.15, 0.2) is 59.7 Å². The molecule has 2 amide bonds. The molecule has 6 nitrogen and oxygen atoms in total. The second-order valence-electron chi connectivity index (χ2n) is 6.70. The summed E-state index contributed by atoms with van der Waals surface area (Å²) < 4.78 is 0.